The van der Waals surface area contributed by atoms with Crippen LogP contribution in [0.15, 0.2) is 42.6 Å². The van der Waals surface area contributed by atoms with Gasteiger partial charge in [0.2, 0.25) is 11.8 Å². The second kappa shape index (κ2) is 6.62. The highest BCUT2D eigenvalue weighted by atomic mass is 16.2. The minimum atomic E-state index is -0.309. The first-order valence-electron chi connectivity index (χ1n) is 7.68. The summed E-state index contributed by atoms with van der Waals surface area (Å²) in [5, 5.41) is 5.11. The third-order valence-corrected chi connectivity index (χ3v) is 3.93. The fourth-order valence-corrected chi connectivity index (χ4v) is 2.59. The Morgan fingerprint density at radius 3 is 2.54 bits per heavy atom. The number of nitrogens with one attached hydrogen (secondary N) is 2. The molecule has 1 fully saturated rings. The van der Waals surface area contributed by atoms with Crippen molar-refractivity contribution in [3.8, 4) is 0 Å². The number of carbonyl (C=O) groups excluding carboxylic acids is 3. The number of anilines is 1. The maximum atomic E-state index is 12.1. The number of amides is 3. The van der Waals surface area contributed by atoms with E-state index in [1.807, 2.05) is 19.1 Å². The van der Waals surface area contributed by atoms with Crippen molar-refractivity contribution in [1.82, 2.24) is 10.3 Å². The Bertz CT molecular complexity index is 782. The highest BCUT2D eigenvalue weighted by Crippen LogP contribution is 2.19. The van der Waals surface area contributed by atoms with Crippen LogP contribution in [0, 0.1) is 12.8 Å². The van der Waals surface area contributed by atoms with Gasteiger partial charge in [-0.05, 0) is 43.2 Å². The number of rotatable bonds is 4. The summed E-state index contributed by atoms with van der Waals surface area (Å²) < 4.78 is 0. The topological polar surface area (TPSA) is 88.2 Å². The molecule has 1 aromatic carbocycles. The number of hydrogen-bond donors (Lipinski definition) is 2. The van der Waals surface area contributed by atoms with Crippen molar-refractivity contribution in [2.75, 3.05) is 5.32 Å². The Balaban J connectivity index is 1.62. The summed E-state index contributed by atoms with van der Waals surface area (Å²) >= 11 is 0. The lowest BCUT2D eigenvalue weighted by Crippen LogP contribution is -2.22. The Labute approximate surface area is 139 Å². The van der Waals surface area contributed by atoms with Gasteiger partial charge in [-0.3, -0.25) is 24.7 Å². The van der Waals surface area contributed by atoms with Crippen LogP contribution in [0.3, 0.4) is 0 Å². The summed E-state index contributed by atoms with van der Waals surface area (Å²) in [6, 6.07) is 10.8. The van der Waals surface area contributed by atoms with Crippen LogP contribution in [0.1, 0.15) is 28.0 Å². The van der Waals surface area contributed by atoms with E-state index in [0.29, 0.717) is 17.7 Å². The molecule has 2 heterocycles. The molecule has 1 aliphatic heterocycles. The number of pyridine rings is 1. The molecule has 6 nitrogen and oxygen atoms in total. The average molecular weight is 323 g/mol. The van der Waals surface area contributed by atoms with E-state index in [2.05, 4.69) is 15.6 Å². The first-order valence-corrected chi connectivity index (χ1v) is 7.68. The van der Waals surface area contributed by atoms with Crippen LogP contribution in [-0.2, 0) is 16.0 Å². The molecular weight excluding hydrogens is 306 g/mol. The third kappa shape index (κ3) is 3.65. The van der Waals surface area contributed by atoms with Gasteiger partial charge in [-0.2, -0.15) is 0 Å². The molecule has 0 spiro atoms. The van der Waals surface area contributed by atoms with E-state index in [0.717, 1.165) is 11.3 Å². The SMILES string of the molecule is Cc1ccc(C(=O)Nc2ccc(CC3CC(=O)NC3=O)cc2)cn1. The standard InChI is InChI=1S/C18H17N3O3/c1-11-2-5-13(10-19-11)17(23)20-15-6-3-12(4-7-15)8-14-9-16(22)21-18(14)24/h2-7,10,14H,8-9H2,1H3,(H,20,23)(H,21,22,24). The number of hydrogen-bond acceptors (Lipinski definition) is 4. The monoisotopic (exact) mass is 323 g/mol. The number of carbonyl (C=O) groups is 3. The molecule has 0 bridgehead atoms. The Morgan fingerprint density at radius 2 is 1.96 bits per heavy atom. The van der Waals surface area contributed by atoms with Gasteiger partial charge >= 0.3 is 0 Å². The van der Waals surface area contributed by atoms with Crippen molar-refractivity contribution in [2.45, 2.75) is 19.8 Å². The van der Waals surface area contributed by atoms with E-state index >= 15 is 0 Å². The average Bonchev–Trinajstić information content (AvgIpc) is 2.87. The van der Waals surface area contributed by atoms with E-state index in [1.54, 1.807) is 24.3 Å². The van der Waals surface area contributed by atoms with Crippen molar-refractivity contribution < 1.29 is 14.4 Å². The van der Waals surface area contributed by atoms with Crippen LogP contribution in [0.5, 0.6) is 0 Å². The lowest BCUT2D eigenvalue weighted by atomic mass is 9.98. The molecule has 122 valence electrons. The zero-order valence-electron chi connectivity index (χ0n) is 13.2. The zero-order chi connectivity index (χ0) is 17.1. The number of imide groups is 1. The maximum Gasteiger partial charge on any atom is 0.257 e. The molecular formula is C18H17N3O3. The van der Waals surface area contributed by atoms with Gasteiger partial charge in [-0.25, -0.2) is 0 Å². The summed E-state index contributed by atoms with van der Waals surface area (Å²) in [5.41, 5.74) is 2.95. The molecule has 1 saturated heterocycles. The molecule has 2 N–H and O–H groups in total. The predicted molar refractivity (Wildman–Crippen MR) is 88.3 cm³/mol. The molecule has 3 amide bonds. The van der Waals surface area contributed by atoms with Crippen molar-refractivity contribution in [2.24, 2.45) is 5.92 Å². The normalized spacial score (nSPS) is 16.8. The van der Waals surface area contributed by atoms with Crippen LogP contribution in [0.2, 0.25) is 0 Å². The van der Waals surface area contributed by atoms with Gasteiger partial charge < -0.3 is 5.32 Å². The quantitative estimate of drug-likeness (QED) is 0.841. The number of aromatic nitrogens is 1. The summed E-state index contributed by atoms with van der Waals surface area (Å²) in [5.74, 6) is -0.975. The fraction of sp³-hybridized carbons (Fsp3) is 0.222. The van der Waals surface area contributed by atoms with Crippen LogP contribution in [-0.4, -0.2) is 22.7 Å². The van der Waals surface area contributed by atoms with E-state index in [-0.39, 0.29) is 30.1 Å². The Hall–Kier alpha value is -3.02. The van der Waals surface area contributed by atoms with Crippen LogP contribution >= 0.6 is 0 Å². The Morgan fingerprint density at radius 1 is 1.21 bits per heavy atom. The summed E-state index contributed by atoms with van der Waals surface area (Å²) in [7, 11) is 0. The molecule has 24 heavy (non-hydrogen) atoms. The van der Waals surface area contributed by atoms with Gasteiger partial charge in [0.25, 0.3) is 5.91 Å². The number of nitrogens with zero attached hydrogens (tertiary/aromatic N) is 1. The lowest BCUT2D eigenvalue weighted by Gasteiger charge is -2.08. The van der Waals surface area contributed by atoms with Crippen molar-refractivity contribution in [3.05, 3.63) is 59.4 Å². The third-order valence-electron chi connectivity index (χ3n) is 3.93. The molecule has 2 aromatic rings. The molecule has 1 aliphatic rings. The maximum absolute atomic E-state index is 12.1. The van der Waals surface area contributed by atoms with Gasteiger partial charge in [-0.15, -0.1) is 0 Å². The summed E-state index contributed by atoms with van der Waals surface area (Å²) in [4.78, 5) is 39.0. The molecule has 1 atom stereocenters. The molecule has 0 aliphatic carbocycles. The number of aryl methyl sites for hydroxylation is 1. The Kier molecular flexibility index (Phi) is 4.37. The number of benzene rings is 1. The van der Waals surface area contributed by atoms with Crippen molar-refractivity contribution in [3.63, 3.8) is 0 Å². The van der Waals surface area contributed by atoms with Crippen molar-refractivity contribution in [1.29, 1.82) is 0 Å². The van der Waals surface area contributed by atoms with Gasteiger partial charge in [0, 0.05) is 24.0 Å². The van der Waals surface area contributed by atoms with Crippen LogP contribution in [0.4, 0.5) is 5.69 Å². The van der Waals surface area contributed by atoms with Gasteiger partial charge in [0.1, 0.15) is 0 Å². The summed E-state index contributed by atoms with van der Waals surface area (Å²) in [6.07, 6.45) is 2.28. The van der Waals surface area contributed by atoms with Gasteiger partial charge in [-0.1, -0.05) is 12.1 Å². The first kappa shape index (κ1) is 15.9. The van der Waals surface area contributed by atoms with E-state index in [1.165, 1.54) is 6.20 Å². The smallest absolute Gasteiger partial charge is 0.257 e. The van der Waals surface area contributed by atoms with Gasteiger partial charge in [0.15, 0.2) is 0 Å². The van der Waals surface area contributed by atoms with E-state index in [4.69, 9.17) is 0 Å². The predicted octanol–water partition coefficient (Wildman–Crippen LogP) is 1.85. The van der Waals surface area contributed by atoms with E-state index < -0.39 is 0 Å². The molecule has 0 saturated carbocycles. The zero-order valence-corrected chi connectivity index (χ0v) is 13.2. The highest BCUT2D eigenvalue weighted by molar-refractivity contribution is 6.04. The molecule has 1 unspecified atom stereocenters. The minimum Gasteiger partial charge on any atom is -0.322 e. The molecule has 1 aromatic heterocycles. The first-order chi connectivity index (χ1) is 11.5. The fourth-order valence-electron chi connectivity index (χ4n) is 2.59. The largest absolute Gasteiger partial charge is 0.322 e. The lowest BCUT2D eigenvalue weighted by molar-refractivity contribution is -0.125. The van der Waals surface area contributed by atoms with Crippen molar-refractivity contribution >= 4 is 23.4 Å². The minimum absolute atomic E-state index is 0.218. The molecule has 3 rings (SSSR count). The van der Waals surface area contributed by atoms with E-state index in [9.17, 15) is 14.4 Å². The second-order valence-corrected chi connectivity index (χ2v) is 5.86. The second-order valence-electron chi connectivity index (χ2n) is 5.86. The van der Waals surface area contributed by atoms with Crippen LogP contribution < -0.4 is 10.6 Å². The summed E-state index contributed by atoms with van der Waals surface area (Å²) in [6.45, 7) is 1.86. The molecule has 6 heteroatoms. The molecule has 0 radical (unpaired) electrons. The van der Waals surface area contributed by atoms with Gasteiger partial charge in [0.05, 0.1) is 11.5 Å². The van der Waals surface area contributed by atoms with Crippen LogP contribution in [0.25, 0.3) is 0 Å². The highest BCUT2D eigenvalue weighted by Gasteiger charge is 2.30.